The normalized spacial score (nSPS) is 10.7. The SMILES string of the molecule is CCc1cc(C(=O)OC)c(NC(=S)Nc2c(C)nn(Cc3ccccc3C)c2C)s1. The predicted octanol–water partition coefficient (Wildman–Crippen LogP) is 5.08. The van der Waals surface area contributed by atoms with Crippen LogP contribution in [0.25, 0.3) is 0 Å². The molecule has 2 aromatic heterocycles. The third-order valence-electron chi connectivity index (χ3n) is 4.97. The molecule has 0 saturated heterocycles. The summed E-state index contributed by atoms with van der Waals surface area (Å²) in [6.07, 6.45) is 0.834. The fourth-order valence-corrected chi connectivity index (χ4v) is 4.46. The van der Waals surface area contributed by atoms with E-state index in [-0.39, 0.29) is 5.97 Å². The Morgan fingerprint density at radius 3 is 2.63 bits per heavy atom. The number of carbonyl (C=O) groups is 1. The molecular formula is C22H26N4O2S2. The molecule has 3 aromatic rings. The zero-order chi connectivity index (χ0) is 21.8. The quantitative estimate of drug-likeness (QED) is 0.410. The molecule has 0 saturated carbocycles. The lowest BCUT2D eigenvalue weighted by Gasteiger charge is -2.11. The Kier molecular flexibility index (Phi) is 6.89. The van der Waals surface area contributed by atoms with Gasteiger partial charge in [0.25, 0.3) is 0 Å². The Labute approximate surface area is 186 Å². The van der Waals surface area contributed by atoms with Crippen LogP contribution in [-0.2, 0) is 17.7 Å². The summed E-state index contributed by atoms with van der Waals surface area (Å²) in [7, 11) is 1.38. The minimum atomic E-state index is -0.380. The van der Waals surface area contributed by atoms with Crippen molar-refractivity contribution in [3.05, 3.63) is 63.3 Å². The number of aromatic nitrogens is 2. The van der Waals surface area contributed by atoms with Crippen LogP contribution >= 0.6 is 23.6 Å². The van der Waals surface area contributed by atoms with E-state index in [0.29, 0.717) is 22.2 Å². The monoisotopic (exact) mass is 442 g/mol. The second-order valence-corrected chi connectivity index (χ2v) is 8.55. The van der Waals surface area contributed by atoms with Crippen LogP contribution in [-0.4, -0.2) is 28.0 Å². The summed E-state index contributed by atoms with van der Waals surface area (Å²) in [6.45, 7) is 8.81. The van der Waals surface area contributed by atoms with Gasteiger partial charge < -0.3 is 15.4 Å². The summed E-state index contributed by atoms with van der Waals surface area (Å²) in [5.74, 6) is -0.380. The molecule has 8 heteroatoms. The zero-order valence-corrected chi connectivity index (χ0v) is 19.5. The first-order valence-corrected chi connectivity index (χ1v) is 10.9. The molecule has 0 amide bonds. The van der Waals surface area contributed by atoms with Crippen LogP contribution in [0.15, 0.2) is 30.3 Å². The second-order valence-electron chi connectivity index (χ2n) is 7.01. The zero-order valence-electron chi connectivity index (χ0n) is 17.8. The molecule has 0 unspecified atom stereocenters. The number of ether oxygens (including phenoxy) is 1. The molecule has 158 valence electrons. The predicted molar refractivity (Wildman–Crippen MR) is 127 cm³/mol. The number of thiophene rings is 1. The number of rotatable bonds is 6. The van der Waals surface area contributed by atoms with Gasteiger partial charge in [-0.1, -0.05) is 31.2 Å². The van der Waals surface area contributed by atoms with E-state index in [4.69, 9.17) is 17.0 Å². The molecule has 0 spiro atoms. The van der Waals surface area contributed by atoms with Crippen molar-refractivity contribution < 1.29 is 9.53 Å². The van der Waals surface area contributed by atoms with Gasteiger partial charge in [-0.2, -0.15) is 5.10 Å². The molecule has 0 aliphatic heterocycles. The number of thiocarbonyl (C=S) groups is 1. The van der Waals surface area contributed by atoms with Gasteiger partial charge in [0.1, 0.15) is 5.00 Å². The molecule has 3 rings (SSSR count). The van der Waals surface area contributed by atoms with E-state index in [2.05, 4.69) is 34.8 Å². The highest BCUT2D eigenvalue weighted by Crippen LogP contribution is 2.30. The first-order valence-electron chi connectivity index (χ1n) is 9.71. The molecule has 0 bridgehead atoms. The van der Waals surface area contributed by atoms with Gasteiger partial charge in [0, 0.05) is 4.88 Å². The summed E-state index contributed by atoms with van der Waals surface area (Å²) < 4.78 is 6.87. The molecule has 1 aromatic carbocycles. The van der Waals surface area contributed by atoms with Crippen LogP contribution in [0.2, 0.25) is 0 Å². The van der Waals surface area contributed by atoms with Gasteiger partial charge >= 0.3 is 5.97 Å². The molecule has 2 heterocycles. The van der Waals surface area contributed by atoms with Gasteiger partial charge in [0.05, 0.1) is 36.3 Å². The smallest absolute Gasteiger partial charge is 0.340 e. The number of aryl methyl sites for hydroxylation is 3. The number of hydrogen-bond donors (Lipinski definition) is 2. The summed E-state index contributed by atoms with van der Waals surface area (Å²) in [4.78, 5) is 13.2. The maximum Gasteiger partial charge on any atom is 0.340 e. The summed E-state index contributed by atoms with van der Waals surface area (Å²) in [5.41, 5.74) is 5.67. The molecule has 30 heavy (non-hydrogen) atoms. The lowest BCUT2D eigenvalue weighted by molar-refractivity contribution is 0.0602. The molecule has 2 N–H and O–H groups in total. The van der Waals surface area contributed by atoms with Gasteiger partial charge in [0.15, 0.2) is 5.11 Å². The van der Waals surface area contributed by atoms with Crippen molar-refractivity contribution in [1.82, 2.24) is 9.78 Å². The number of anilines is 2. The minimum Gasteiger partial charge on any atom is -0.465 e. The number of esters is 1. The number of benzene rings is 1. The van der Waals surface area contributed by atoms with Crippen molar-refractivity contribution in [3.8, 4) is 0 Å². The van der Waals surface area contributed by atoms with Crippen LogP contribution in [0.3, 0.4) is 0 Å². The van der Waals surface area contributed by atoms with E-state index >= 15 is 0 Å². The third kappa shape index (κ3) is 4.71. The van der Waals surface area contributed by atoms with E-state index in [1.54, 1.807) is 0 Å². The van der Waals surface area contributed by atoms with Gasteiger partial charge in [-0.05, 0) is 56.6 Å². The highest BCUT2D eigenvalue weighted by Gasteiger charge is 2.19. The molecule has 0 aliphatic carbocycles. The number of carbonyl (C=O) groups excluding carboxylic acids is 1. The van der Waals surface area contributed by atoms with Crippen molar-refractivity contribution in [3.63, 3.8) is 0 Å². The average molecular weight is 443 g/mol. The van der Waals surface area contributed by atoms with E-state index in [0.717, 1.165) is 28.4 Å². The molecule has 0 atom stereocenters. The van der Waals surface area contributed by atoms with Gasteiger partial charge in [-0.3, -0.25) is 4.68 Å². The van der Waals surface area contributed by atoms with E-state index in [1.807, 2.05) is 43.7 Å². The first kappa shape index (κ1) is 22.0. The Hall–Kier alpha value is -2.71. The third-order valence-corrected chi connectivity index (χ3v) is 6.36. The van der Waals surface area contributed by atoms with Crippen molar-refractivity contribution in [2.75, 3.05) is 17.7 Å². The second kappa shape index (κ2) is 9.40. The Bertz CT molecular complexity index is 1080. The standard InChI is InChI=1S/C22H26N4O2S2/c1-6-17-11-18(21(27)28-5)20(30-17)24-22(29)23-19-14(3)25-26(15(19)4)12-16-10-8-7-9-13(16)2/h7-11H,6,12H2,1-5H3,(H2,23,24,29). The van der Waals surface area contributed by atoms with Crippen molar-refractivity contribution >= 4 is 45.3 Å². The first-order chi connectivity index (χ1) is 14.3. The largest absolute Gasteiger partial charge is 0.465 e. The van der Waals surface area contributed by atoms with E-state index < -0.39 is 0 Å². The highest BCUT2D eigenvalue weighted by molar-refractivity contribution is 7.80. The lowest BCUT2D eigenvalue weighted by Crippen LogP contribution is -2.20. The van der Waals surface area contributed by atoms with Crippen molar-refractivity contribution in [2.24, 2.45) is 0 Å². The van der Waals surface area contributed by atoms with Crippen molar-refractivity contribution in [2.45, 2.75) is 40.7 Å². The number of nitrogens with zero attached hydrogens (tertiary/aromatic N) is 2. The maximum absolute atomic E-state index is 12.1. The number of hydrogen-bond acceptors (Lipinski definition) is 5. The van der Waals surface area contributed by atoms with Gasteiger partial charge in [0.2, 0.25) is 0 Å². The molecule has 0 aliphatic rings. The number of methoxy groups -OCH3 is 1. The van der Waals surface area contributed by atoms with E-state index in [9.17, 15) is 4.79 Å². The number of nitrogens with one attached hydrogen (secondary N) is 2. The summed E-state index contributed by atoms with van der Waals surface area (Å²) in [5, 5.41) is 12.2. The van der Waals surface area contributed by atoms with Crippen LogP contribution in [0.4, 0.5) is 10.7 Å². The minimum absolute atomic E-state index is 0.380. The summed E-state index contributed by atoms with van der Waals surface area (Å²) >= 11 is 7.02. The highest BCUT2D eigenvalue weighted by atomic mass is 32.1. The molecule has 6 nitrogen and oxygen atoms in total. The lowest BCUT2D eigenvalue weighted by atomic mass is 10.1. The van der Waals surface area contributed by atoms with Gasteiger partial charge in [-0.15, -0.1) is 11.3 Å². The van der Waals surface area contributed by atoms with Crippen LogP contribution < -0.4 is 10.6 Å². The summed E-state index contributed by atoms with van der Waals surface area (Å²) in [6, 6.07) is 10.1. The van der Waals surface area contributed by atoms with Crippen molar-refractivity contribution in [1.29, 1.82) is 0 Å². The maximum atomic E-state index is 12.1. The van der Waals surface area contributed by atoms with E-state index in [1.165, 1.54) is 29.6 Å². The topological polar surface area (TPSA) is 68.2 Å². The van der Waals surface area contributed by atoms with Crippen LogP contribution in [0.1, 0.15) is 44.7 Å². The van der Waals surface area contributed by atoms with Crippen LogP contribution in [0.5, 0.6) is 0 Å². The molecule has 0 fully saturated rings. The Balaban J connectivity index is 1.78. The van der Waals surface area contributed by atoms with Gasteiger partial charge in [-0.25, -0.2) is 4.79 Å². The van der Waals surface area contributed by atoms with Crippen LogP contribution in [0, 0.1) is 20.8 Å². The average Bonchev–Trinajstić information content (AvgIpc) is 3.25. The Morgan fingerprint density at radius 1 is 1.23 bits per heavy atom. The Morgan fingerprint density at radius 2 is 1.97 bits per heavy atom. The fraction of sp³-hybridized carbons (Fsp3) is 0.318. The molecular weight excluding hydrogens is 416 g/mol. The molecule has 0 radical (unpaired) electrons. The fourth-order valence-electron chi connectivity index (χ4n) is 3.20.